The van der Waals surface area contributed by atoms with Gasteiger partial charge in [0.1, 0.15) is 13.2 Å². The average Bonchev–Trinajstić information content (AvgIpc) is 3.42. The molecule has 0 rings (SSSR count). The standard InChI is InChI=1S/C70H122O6/c1-4-7-10-13-16-19-22-25-27-29-31-32-33-34-35-36-37-38-39-41-42-45-48-51-54-57-60-63-69(72)75-66-67(65-74-68(71)62-59-56-53-50-47-44-24-21-18-15-12-9-6-3)76-70(73)64-61-58-55-52-49-46-43-40-30-28-26-23-20-17-14-11-8-5-2/h9,12,18,20-21,23,28-31,44,47,53,56,67H,4-8,10-11,13-17,19,22,24-27,32-43,45-46,48-52,54-55,57-66H2,1-3H3/b12-9-,21-18-,23-20-,30-28-,31-29-,47-44-,56-53-. The van der Waals surface area contributed by atoms with E-state index in [4.69, 9.17) is 14.2 Å². The van der Waals surface area contributed by atoms with Gasteiger partial charge in [0.05, 0.1) is 0 Å². The Balaban J connectivity index is 4.29. The molecule has 0 spiro atoms. The van der Waals surface area contributed by atoms with Crippen LogP contribution in [0.1, 0.15) is 323 Å². The number of unbranched alkanes of at least 4 members (excludes halogenated alkanes) is 34. The van der Waals surface area contributed by atoms with Gasteiger partial charge in [0.15, 0.2) is 6.10 Å². The lowest BCUT2D eigenvalue weighted by Crippen LogP contribution is -2.30. The predicted molar refractivity (Wildman–Crippen MR) is 330 cm³/mol. The first-order valence-corrected chi connectivity index (χ1v) is 32.6. The number of rotatable bonds is 59. The topological polar surface area (TPSA) is 78.9 Å². The van der Waals surface area contributed by atoms with E-state index in [2.05, 4.69) is 99.8 Å². The van der Waals surface area contributed by atoms with Crippen molar-refractivity contribution in [1.29, 1.82) is 0 Å². The number of ether oxygens (including phenoxy) is 3. The van der Waals surface area contributed by atoms with Crippen LogP contribution < -0.4 is 0 Å². The molecule has 6 heteroatoms. The van der Waals surface area contributed by atoms with Gasteiger partial charge in [0.2, 0.25) is 0 Å². The van der Waals surface area contributed by atoms with Crippen molar-refractivity contribution in [3.8, 4) is 0 Å². The summed E-state index contributed by atoms with van der Waals surface area (Å²) in [5.41, 5.74) is 0. The lowest BCUT2D eigenvalue weighted by molar-refractivity contribution is -0.166. The van der Waals surface area contributed by atoms with Crippen molar-refractivity contribution < 1.29 is 28.6 Å². The summed E-state index contributed by atoms with van der Waals surface area (Å²) < 4.78 is 16.8. The lowest BCUT2D eigenvalue weighted by Gasteiger charge is -2.18. The zero-order valence-corrected chi connectivity index (χ0v) is 50.3. The molecule has 1 atom stereocenters. The van der Waals surface area contributed by atoms with Crippen LogP contribution in [-0.4, -0.2) is 37.2 Å². The number of hydrogen-bond acceptors (Lipinski definition) is 6. The molecule has 0 heterocycles. The Bertz CT molecular complexity index is 1450. The fourth-order valence-corrected chi connectivity index (χ4v) is 9.25. The van der Waals surface area contributed by atoms with E-state index >= 15 is 0 Å². The summed E-state index contributed by atoms with van der Waals surface area (Å²) in [7, 11) is 0. The highest BCUT2D eigenvalue weighted by Crippen LogP contribution is 2.17. The summed E-state index contributed by atoms with van der Waals surface area (Å²) in [4.78, 5) is 38.2. The second kappa shape index (κ2) is 64.1. The summed E-state index contributed by atoms with van der Waals surface area (Å²) in [6.07, 6.45) is 84.8. The summed E-state index contributed by atoms with van der Waals surface area (Å²) in [6.45, 7) is 6.47. The maximum atomic E-state index is 12.9. The van der Waals surface area contributed by atoms with Crippen LogP contribution in [0.2, 0.25) is 0 Å². The van der Waals surface area contributed by atoms with Crippen LogP contribution in [0.5, 0.6) is 0 Å². The molecule has 0 bridgehead atoms. The molecule has 0 aromatic heterocycles. The molecular weight excluding hydrogens is 937 g/mol. The van der Waals surface area contributed by atoms with E-state index in [9.17, 15) is 14.4 Å². The van der Waals surface area contributed by atoms with Crippen molar-refractivity contribution in [2.45, 2.75) is 329 Å². The molecule has 1 unspecified atom stereocenters. The second-order valence-electron chi connectivity index (χ2n) is 21.6. The Labute approximate surface area is 471 Å². The molecule has 0 N–H and O–H groups in total. The Morgan fingerprint density at radius 2 is 0.539 bits per heavy atom. The highest BCUT2D eigenvalue weighted by Gasteiger charge is 2.19. The molecule has 0 amide bonds. The normalized spacial score (nSPS) is 12.6. The second-order valence-corrected chi connectivity index (χ2v) is 21.6. The minimum atomic E-state index is -0.810. The van der Waals surface area contributed by atoms with Crippen LogP contribution in [-0.2, 0) is 28.6 Å². The van der Waals surface area contributed by atoms with E-state index in [1.807, 2.05) is 6.08 Å². The molecule has 0 aromatic rings. The van der Waals surface area contributed by atoms with Crippen LogP contribution in [0.4, 0.5) is 0 Å². The molecule has 0 aliphatic heterocycles. The van der Waals surface area contributed by atoms with Gasteiger partial charge in [0, 0.05) is 19.3 Å². The van der Waals surface area contributed by atoms with Crippen molar-refractivity contribution in [2.75, 3.05) is 13.2 Å². The van der Waals surface area contributed by atoms with Gasteiger partial charge < -0.3 is 14.2 Å². The first kappa shape index (κ1) is 72.6. The van der Waals surface area contributed by atoms with Gasteiger partial charge in [-0.1, -0.05) is 286 Å². The van der Waals surface area contributed by atoms with Gasteiger partial charge in [-0.05, 0) is 103 Å². The molecule has 438 valence electrons. The van der Waals surface area contributed by atoms with Crippen molar-refractivity contribution in [3.05, 3.63) is 85.1 Å². The van der Waals surface area contributed by atoms with Crippen molar-refractivity contribution in [1.82, 2.24) is 0 Å². The molecule has 0 fully saturated rings. The van der Waals surface area contributed by atoms with E-state index in [1.54, 1.807) is 0 Å². The summed E-state index contributed by atoms with van der Waals surface area (Å²) >= 11 is 0. The third-order valence-corrected chi connectivity index (χ3v) is 14.1. The quantitative estimate of drug-likeness (QED) is 0.0261. The monoisotopic (exact) mass is 1060 g/mol. The van der Waals surface area contributed by atoms with E-state index in [0.29, 0.717) is 19.3 Å². The Morgan fingerprint density at radius 3 is 0.908 bits per heavy atom. The third-order valence-electron chi connectivity index (χ3n) is 14.1. The molecule has 0 aliphatic carbocycles. The molecular formula is C70H122O6. The summed E-state index contributed by atoms with van der Waals surface area (Å²) in [5.74, 6) is -0.982. The zero-order chi connectivity index (χ0) is 55.0. The fraction of sp³-hybridized carbons (Fsp3) is 0.757. The number of allylic oxidation sites excluding steroid dienone is 14. The highest BCUT2D eigenvalue weighted by atomic mass is 16.6. The minimum Gasteiger partial charge on any atom is -0.462 e. The van der Waals surface area contributed by atoms with E-state index in [1.165, 1.54) is 199 Å². The van der Waals surface area contributed by atoms with Gasteiger partial charge in [-0.15, -0.1) is 0 Å². The zero-order valence-electron chi connectivity index (χ0n) is 50.3. The first-order chi connectivity index (χ1) is 37.5. The average molecular weight is 1060 g/mol. The SMILES string of the molecule is CC/C=C\C/C=C\C/C=C\C/C=C\CCC(=O)OCC(COC(=O)CCCCCCCCCCCCCCCCC/C=C\CCCCCCCCCC)OC(=O)CCCCCCCCC/C=C\C/C=C\CCCCCC. The molecule has 0 aliphatic rings. The van der Waals surface area contributed by atoms with E-state index in [0.717, 1.165) is 77.0 Å². The minimum absolute atomic E-state index is 0.100. The maximum absolute atomic E-state index is 12.9. The van der Waals surface area contributed by atoms with Gasteiger partial charge >= 0.3 is 17.9 Å². The number of esters is 3. The highest BCUT2D eigenvalue weighted by molar-refractivity contribution is 5.71. The van der Waals surface area contributed by atoms with Gasteiger partial charge in [-0.25, -0.2) is 0 Å². The lowest BCUT2D eigenvalue weighted by atomic mass is 10.0. The predicted octanol–water partition coefficient (Wildman–Crippen LogP) is 22.3. The number of carbonyl (C=O) groups is 3. The van der Waals surface area contributed by atoms with Crippen LogP contribution in [0.3, 0.4) is 0 Å². The molecule has 6 nitrogen and oxygen atoms in total. The van der Waals surface area contributed by atoms with Gasteiger partial charge in [-0.2, -0.15) is 0 Å². The Morgan fingerprint density at radius 1 is 0.276 bits per heavy atom. The summed E-state index contributed by atoms with van der Waals surface area (Å²) in [5, 5.41) is 0. The van der Waals surface area contributed by atoms with Gasteiger partial charge in [0.25, 0.3) is 0 Å². The largest absolute Gasteiger partial charge is 0.462 e. The number of hydrogen-bond donors (Lipinski definition) is 0. The molecule has 0 saturated carbocycles. The van der Waals surface area contributed by atoms with Crippen molar-refractivity contribution >= 4 is 17.9 Å². The smallest absolute Gasteiger partial charge is 0.306 e. The first-order valence-electron chi connectivity index (χ1n) is 32.6. The van der Waals surface area contributed by atoms with E-state index in [-0.39, 0.29) is 37.5 Å². The van der Waals surface area contributed by atoms with Crippen LogP contribution in [0.25, 0.3) is 0 Å². The molecule has 76 heavy (non-hydrogen) atoms. The molecule has 0 aromatic carbocycles. The van der Waals surface area contributed by atoms with Crippen LogP contribution in [0, 0.1) is 0 Å². The van der Waals surface area contributed by atoms with Gasteiger partial charge in [-0.3, -0.25) is 14.4 Å². The third kappa shape index (κ3) is 61.4. The van der Waals surface area contributed by atoms with Crippen LogP contribution in [0.15, 0.2) is 85.1 Å². The fourth-order valence-electron chi connectivity index (χ4n) is 9.25. The van der Waals surface area contributed by atoms with Crippen LogP contribution >= 0.6 is 0 Å². The summed E-state index contributed by atoms with van der Waals surface area (Å²) in [6, 6.07) is 0. The molecule has 0 radical (unpaired) electrons. The van der Waals surface area contributed by atoms with Crippen molar-refractivity contribution in [3.63, 3.8) is 0 Å². The van der Waals surface area contributed by atoms with Crippen molar-refractivity contribution in [2.24, 2.45) is 0 Å². The Kier molecular flexibility index (Phi) is 61.2. The Hall–Kier alpha value is -3.41. The number of carbonyl (C=O) groups excluding carboxylic acids is 3. The van der Waals surface area contributed by atoms with E-state index < -0.39 is 6.10 Å². The molecule has 0 saturated heterocycles. The maximum Gasteiger partial charge on any atom is 0.306 e.